The van der Waals surface area contributed by atoms with Gasteiger partial charge in [0.2, 0.25) is 0 Å². The van der Waals surface area contributed by atoms with Crippen LogP contribution in [0.15, 0.2) is 23.2 Å². The number of amides is 1. The van der Waals surface area contributed by atoms with Gasteiger partial charge in [-0.15, -0.1) is 0 Å². The molecule has 1 aliphatic carbocycles. The maximum atomic E-state index is 11.4. The monoisotopic (exact) mass is 339 g/mol. The van der Waals surface area contributed by atoms with Crippen LogP contribution in [-0.4, -0.2) is 24.5 Å². The zero-order chi connectivity index (χ0) is 17.9. The maximum absolute atomic E-state index is 11.4. The SMILES string of the molecule is Cc1cc(C#N)ccc1/N=C\CCC1(C)CCCC2(CNC(=O)O2)C1. The van der Waals surface area contributed by atoms with Crippen molar-refractivity contribution < 1.29 is 9.53 Å². The third-order valence-corrected chi connectivity index (χ3v) is 5.46. The van der Waals surface area contributed by atoms with E-state index in [0.717, 1.165) is 49.8 Å². The molecule has 0 bridgehead atoms. The van der Waals surface area contributed by atoms with Gasteiger partial charge in [0, 0.05) is 6.21 Å². The molecule has 5 nitrogen and oxygen atoms in total. The Hall–Kier alpha value is -2.35. The van der Waals surface area contributed by atoms with Crippen molar-refractivity contribution in [2.24, 2.45) is 10.4 Å². The van der Waals surface area contributed by atoms with Crippen LogP contribution in [0, 0.1) is 23.7 Å². The Balaban J connectivity index is 1.58. The molecule has 1 amide bonds. The van der Waals surface area contributed by atoms with Crippen LogP contribution in [0.1, 0.15) is 56.6 Å². The lowest BCUT2D eigenvalue weighted by molar-refractivity contribution is -0.0233. The second kappa shape index (κ2) is 6.87. The highest BCUT2D eigenvalue weighted by Gasteiger charge is 2.47. The highest BCUT2D eigenvalue weighted by Crippen LogP contribution is 2.46. The van der Waals surface area contributed by atoms with Crippen LogP contribution >= 0.6 is 0 Å². The second-order valence-electron chi connectivity index (χ2n) is 7.73. The molecule has 1 heterocycles. The van der Waals surface area contributed by atoms with E-state index in [1.165, 1.54) is 0 Å². The van der Waals surface area contributed by atoms with Crippen molar-refractivity contribution in [2.45, 2.75) is 58.0 Å². The molecule has 1 spiro atoms. The molecule has 1 saturated heterocycles. The Kier molecular flexibility index (Phi) is 4.80. The van der Waals surface area contributed by atoms with Crippen molar-refractivity contribution in [2.75, 3.05) is 6.54 Å². The van der Waals surface area contributed by atoms with E-state index in [4.69, 9.17) is 10.00 Å². The zero-order valence-electron chi connectivity index (χ0n) is 15.0. The third kappa shape index (κ3) is 4.01. The molecule has 2 unspecified atom stereocenters. The first-order chi connectivity index (χ1) is 11.9. The predicted molar refractivity (Wildman–Crippen MR) is 97.1 cm³/mol. The molecule has 132 valence electrons. The number of alkyl carbamates (subject to hydrolysis) is 1. The van der Waals surface area contributed by atoms with Crippen molar-refractivity contribution >= 4 is 18.0 Å². The largest absolute Gasteiger partial charge is 0.441 e. The molecule has 1 aliphatic heterocycles. The number of aryl methyl sites for hydroxylation is 1. The molecule has 1 aromatic carbocycles. The van der Waals surface area contributed by atoms with Crippen LogP contribution in [-0.2, 0) is 4.74 Å². The topological polar surface area (TPSA) is 74.5 Å². The summed E-state index contributed by atoms with van der Waals surface area (Å²) in [4.78, 5) is 16.0. The summed E-state index contributed by atoms with van der Waals surface area (Å²) in [5.74, 6) is 0. The van der Waals surface area contributed by atoms with E-state index in [9.17, 15) is 4.79 Å². The highest BCUT2D eigenvalue weighted by atomic mass is 16.6. The number of nitrogens with zero attached hydrogens (tertiary/aromatic N) is 2. The summed E-state index contributed by atoms with van der Waals surface area (Å²) in [7, 11) is 0. The van der Waals surface area contributed by atoms with Crippen LogP contribution in [0.4, 0.5) is 10.5 Å². The first-order valence-corrected chi connectivity index (χ1v) is 8.94. The van der Waals surface area contributed by atoms with Gasteiger partial charge in [-0.1, -0.05) is 6.92 Å². The summed E-state index contributed by atoms with van der Waals surface area (Å²) in [6.07, 6.45) is 7.76. The van der Waals surface area contributed by atoms with E-state index in [0.29, 0.717) is 12.1 Å². The molecule has 1 saturated carbocycles. The minimum atomic E-state index is -0.301. The fourth-order valence-electron chi connectivity index (χ4n) is 4.19. The Morgan fingerprint density at radius 1 is 1.44 bits per heavy atom. The van der Waals surface area contributed by atoms with Crippen molar-refractivity contribution in [1.29, 1.82) is 5.26 Å². The molecule has 1 N–H and O–H groups in total. The van der Waals surface area contributed by atoms with Gasteiger partial charge in [-0.2, -0.15) is 5.26 Å². The number of hydrogen-bond donors (Lipinski definition) is 1. The Labute approximate surface area is 149 Å². The fourth-order valence-corrected chi connectivity index (χ4v) is 4.19. The van der Waals surface area contributed by atoms with Gasteiger partial charge < -0.3 is 10.1 Å². The molecule has 0 radical (unpaired) electrons. The Morgan fingerprint density at radius 2 is 2.28 bits per heavy atom. The lowest BCUT2D eigenvalue weighted by Crippen LogP contribution is -2.43. The fraction of sp³-hybridized carbons (Fsp3) is 0.550. The Morgan fingerprint density at radius 3 is 2.96 bits per heavy atom. The average Bonchev–Trinajstić information content (AvgIpc) is 2.92. The van der Waals surface area contributed by atoms with E-state index in [1.807, 2.05) is 25.3 Å². The van der Waals surface area contributed by atoms with Crippen LogP contribution < -0.4 is 5.32 Å². The Bertz CT molecular complexity index is 737. The summed E-state index contributed by atoms with van der Waals surface area (Å²) < 4.78 is 5.59. The maximum Gasteiger partial charge on any atom is 0.407 e. The number of benzene rings is 1. The number of carbonyl (C=O) groups is 1. The summed E-state index contributed by atoms with van der Waals surface area (Å²) >= 11 is 0. The molecule has 2 aliphatic rings. The van der Waals surface area contributed by atoms with Crippen molar-refractivity contribution in [3.8, 4) is 6.07 Å². The van der Waals surface area contributed by atoms with Gasteiger partial charge in [-0.25, -0.2) is 4.79 Å². The summed E-state index contributed by atoms with van der Waals surface area (Å²) in [6.45, 7) is 4.90. The molecular formula is C20H25N3O2. The molecule has 0 aromatic heterocycles. The lowest BCUT2D eigenvalue weighted by Gasteiger charge is -2.42. The van der Waals surface area contributed by atoms with Gasteiger partial charge >= 0.3 is 6.09 Å². The van der Waals surface area contributed by atoms with Crippen LogP contribution in [0.5, 0.6) is 0 Å². The number of hydrogen-bond acceptors (Lipinski definition) is 4. The van der Waals surface area contributed by atoms with Gasteiger partial charge in [0.15, 0.2) is 0 Å². The van der Waals surface area contributed by atoms with Gasteiger partial charge in [0.05, 0.1) is 23.9 Å². The quantitative estimate of drug-likeness (QED) is 0.826. The highest BCUT2D eigenvalue weighted by molar-refractivity contribution is 5.70. The minimum Gasteiger partial charge on any atom is -0.441 e. The van der Waals surface area contributed by atoms with Gasteiger partial charge in [-0.3, -0.25) is 4.99 Å². The summed E-state index contributed by atoms with van der Waals surface area (Å²) in [5.41, 5.74) is 2.47. The minimum absolute atomic E-state index is 0.177. The first kappa shape index (κ1) is 17.5. The lowest BCUT2D eigenvalue weighted by atomic mass is 9.66. The smallest absolute Gasteiger partial charge is 0.407 e. The van der Waals surface area contributed by atoms with E-state index in [2.05, 4.69) is 23.3 Å². The molecule has 3 rings (SSSR count). The van der Waals surface area contributed by atoms with Crippen molar-refractivity contribution in [1.82, 2.24) is 5.32 Å². The first-order valence-electron chi connectivity index (χ1n) is 8.94. The van der Waals surface area contributed by atoms with Gasteiger partial charge in [0.1, 0.15) is 5.60 Å². The van der Waals surface area contributed by atoms with Gasteiger partial charge in [0.25, 0.3) is 0 Å². The van der Waals surface area contributed by atoms with Crippen LogP contribution in [0.25, 0.3) is 0 Å². The summed E-state index contributed by atoms with van der Waals surface area (Å²) in [5, 5.41) is 11.7. The normalized spacial score (nSPS) is 28.8. The van der Waals surface area contributed by atoms with E-state index >= 15 is 0 Å². The number of aliphatic imine (C=N–C) groups is 1. The molecule has 2 fully saturated rings. The van der Waals surface area contributed by atoms with Crippen LogP contribution in [0.2, 0.25) is 0 Å². The standard InChI is InChI=1S/C20H25N3O2/c1-15-11-16(12-21)5-6-17(15)22-10-4-8-19(2)7-3-9-20(13-19)14-23-18(24)25-20/h5-6,10-11H,3-4,7-9,13-14H2,1-2H3,(H,23,24)/b22-10-. The third-order valence-electron chi connectivity index (χ3n) is 5.46. The number of carbonyl (C=O) groups excluding carboxylic acids is 1. The number of nitriles is 1. The van der Waals surface area contributed by atoms with Crippen LogP contribution in [0.3, 0.4) is 0 Å². The van der Waals surface area contributed by atoms with Gasteiger partial charge in [-0.05, 0) is 74.6 Å². The zero-order valence-corrected chi connectivity index (χ0v) is 15.0. The molecule has 1 aromatic rings. The molecule has 2 atom stereocenters. The van der Waals surface area contributed by atoms with Crippen molar-refractivity contribution in [3.05, 3.63) is 29.3 Å². The van der Waals surface area contributed by atoms with E-state index in [-0.39, 0.29) is 17.1 Å². The van der Waals surface area contributed by atoms with Crippen molar-refractivity contribution in [3.63, 3.8) is 0 Å². The van der Waals surface area contributed by atoms with E-state index < -0.39 is 0 Å². The average molecular weight is 339 g/mol. The number of rotatable bonds is 4. The predicted octanol–water partition coefficient (Wildman–Crippen LogP) is 4.41. The second-order valence-corrected chi connectivity index (χ2v) is 7.73. The van der Waals surface area contributed by atoms with E-state index in [1.54, 1.807) is 6.07 Å². The molecule has 5 heteroatoms. The molecular weight excluding hydrogens is 314 g/mol. The number of nitrogens with one attached hydrogen (secondary N) is 1. The number of ether oxygens (including phenoxy) is 1. The summed E-state index contributed by atoms with van der Waals surface area (Å²) in [6, 6.07) is 7.70. The molecule has 25 heavy (non-hydrogen) atoms.